The number of alkyl halides is 3. The number of rotatable bonds is 9. The summed E-state index contributed by atoms with van der Waals surface area (Å²) in [4.78, 5) is 23.8. The van der Waals surface area contributed by atoms with Gasteiger partial charge in [-0.05, 0) is 34.2 Å². The summed E-state index contributed by atoms with van der Waals surface area (Å²) < 4.78 is 44.9. The number of carboxylic acids is 2. The lowest BCUT2D eigenvalue weighted by molar-refractivity contribution is -0.192. The van der Waals surface area contributed by atoms with Crippen LogP contribution in [-0.4, -0.2) is 66.7 Å². The van der Waals surface area contributed by atoms with Crippen LogP contribution in [0.4, 0.5) is 13.2 Å². The molecule has 2 aromatic heterocycles. The predicted molar refractivity (Wildman–Crippen MR) is 118 cm³/mol. The van der Waals surface area contributed by atoms with Gasteiger partial charge >= 0.3 is 18.1 Å². The minimum Gasteiger partial charge on any atom is -0.492 e. The highest BCUT2D eigenvalue weighted by atomic mass is 32.2. The van der Waals surface area contributed by atoms with Gasteiger partial charge in [0.2, 0.25) is 5.16 Å². The van der Waals surface area contributed by atoms with E-state index in [0.717, 1.165) is 22.0 Å². The zero-order valence-electron chi connectivity index (χ0n) is 18.5. The number of nitrogens with zero attached hydrogens (tertiary/aromatic N) is 5. The van der Waals surface area contributed by atoms with E-state index < -0.39 is 18.1 Å². The zero-order chi connectivity index (χ0) is 26.1. The van der Waals surface area contributed by atoms with Gasteiger partial charge < -0.3 is 19.7 Å². The second-order valence-electron chi connectivity index (χ2n) is 7.29. The first-order valence-electron chi connectivity index (χ1n) is 10.3. The molecule has 0 bridgehead atoms. The Kier molecular flexibility index (Phi) is 9.05. The topological polar surface area (TPSA) is 150 Å². The number of benzene rings is 1. The summed E-state index contributed by atoms with van der Waals surface area (Å²) in [5.41, 5.74) is 2.06. The molecule has 1 aliphatic heterocycles. The lowest BCUT2D eigenvalue weighted by Crippen LogP contribution is -2.21. The van der Waals surface area contributed by atoms with E-state index >= 15 is 0 Å². The van der Waals surface area contributed by atoms with Gasteiger partial charge in [0, 0.05) is 35.7 Å². The average molecular weight is 527 g/mol. The van der Waals surface area contributed by atoms with E-state index in [4.69, 9.17) is 24.5 Å². The molecular weight excluding hydrogens is 507 g/mol. The Morgan fingerprint density at radius 3 is 2.58 bits per heavy atom. The number of carbonyl (C=O) groups is 2. The normalized spacial score (nSPS) is 14.2. The summed E-state index contributed by atoms with van der Waals surface area (Å²) in [6.45, 7) is 1.28. The summed E-state index contributed by atoms with van der Waals surface area (Å²) in [5, 5.41) is 28.7. The molecule has 3 aromatic rings. The fourth-order valence-corrected chi connectivity index (χ4v) is 3.90. The summed E-state index contributed by atoms with van der Waals surface area (Å²) in [7, 11) is 0. The molecule has 1 unspecified atom stereocenters. The molecule has 4 rings (SSSR count). The first-order valence-corrected chi connectivity index (χ1v) is 11.3. The van der Waals surface area contributed by atoms with Crippen molar-refractivity contribution in [2.24, 2.45) is 0 Å². The molecule has 0 saturated carbocycles. The first kappa shape index (κ1) is 26.7. The molecule has 0 radical (unpaired) electrons. The molecule has 192 valence electrons. The zero-order valence-corrected chi connectivity index (χ0v) is 19.3. The highest BCUT2D eigenvalue weighted by Gasteiger charge is 2.38. The minimum atomic E-state index is -5.08. The number of tetrazole rings is 1. The van der Waals surface area contributed by atoms with Crippen molar-refractivity contribution < 1.29 is 42.4 Å². The van der Waals surface area contributed by atoms with E-state index in [0.29, 0.717) is 31.3 Å². The van der Waals surface area contributed by atoms with Crippen molar-refractivity contribution in [1.82, 2.24) is 25.2 Å². The van der Waals surface area contributed by atoms with E-state index in [1.54, 1.807) is 34.9 Å². The molecule has 0 spiro atoms. The van der Waals surface area contributed by atoms with Crippen LogP contribution in [0.25, 0.3) is 0 Å². The van der Waals surface area contributed by atoms with Gasteiger partial charge in [-0.3, -0.25) is 9.78 Å². The molecule has 1 aromatic carbocycles. The molecular formula is C21H20F3N5O6S. The first-order chi connectivity index (χ1) is 17.1. The van der Waals surface area contributed by atoms with Gasteiger partial charge in [-0.15, -0.1) is 5.10 Å². The standard InChI is InChI=1S/C19H19N5O4S.C2HF3O2/c25-18(26)9-14-11-28-17-10-15(1-2-16(14)17)27-8-7-24-19(21-22-23-24)29-12-13-3-5-20-6-4-13;3-2(4,5)1(6)7/h1-6,10,14H,7-9,11-12H2,(H,25,26);(H,6,7). The van der Waals surface area contributed by atoms with E-state index in [9.17, 15) is 18.0 Å². The third kappa shape index (κ3) is 7.83. The van der Waals surface area contributed by atoms with Gasteiger partial charge in [0.25, 0.3) is 0 Å². The number of carboxylic acid groups (broad SMARTS) is 2. The second kappa shape index (κ2) is 12.2. The summed E-state index contributed by atoms with van der Waals surface area (Å²) in [6.07, 6.45) is -1.50. The average Bonchev–Trinajstić information content (AvgIpc) is 3.44. The van der Waals surface area contributed by atoms with Crippen LogP contribution in [0.3, 0.4) is 0 Å². The summed E-state index contributed by atoms with van der Waals surface area (Å²) in [5.74, 6) is -1.59. The number of fused-ring (bicyclic) bond motifs is 1. The molecule has 11 nitrogen and oxygen atoms in total. The van der Waals surface area contributed by atoms with Gasteiger partial charge in [0.15, 0.2) is 0 Å². The van der Waals surface area contributed by atoms with Crippen LogP contribution in [-0.2, 0) is 21.9 Å². The molecule has 0 aliphatic carbocycles. The Hall–Kier alpha value is -3.88. The van der Waals surface area contributed by atoms with E-state index in [-0.39, 0.29) is 12.3 Å². The monoisotopic (exact) mass is 527 g/mol. The van der Waals surface area contributed by atoms with E-state index in [2.05, 4.69) is 20.5 Å². The third-order valence-electron chi connectivity index (χ3n) is 4.72. The SMILES string of the molecule is O=C(O)C(F)(F)F.O=C(O)CC1COc2cc(OCCn3nnnc3SCc3ccncc3)ccc21. The van der Waals surface area contributed by atoms with Crippen molar-refractivity contribution in [3.8, 4) is 11.5 Å². The largest absolute Gasteiger partial charge is 0.492 e. The summed E-state index contributed by atoms with van der Waals surface area (Å²) in [6, 6.07) is 9.43. The predicted octanol–water partition coefficient (Wildman–Crippen LogP) is 3.02. The van der Waals surface area contributed by atoms with Gasteiger partial charge in [0.1, 0.15) is 18.1 Å². The summed E-state index contributed by atoms with van der Waals surface area (Å²) >= 11 is 1.55. The maximum absolute atomic E-state index is 10.9. The van der Waals surface area contributed by atoms with Gasteiger partial charge in [-0.25, -0.2) is 9.48 Å². The van der Waals surface area contributed by atoms with E-state index in [1.165, 1.54) is 0 Å². The number of aromatic nitrogens is 5. The van der Waals surface area contributed by atoms with Crippen molar-refractivity contribution in [2.45, 2.75) is 36.0 Å². The lowest BCUT2D eigenvalue weighted by atomic mass is 9.98. The molecule has 15 heteroatoms. The molecule has 1 atom stereocenters. The molecule has 0 fully saturated rings. The van der Waals surface area contributed by atoms with Crippen molar-refractivity contribution in [3.05, 3.63) is 53.9 Å². The number of halogens is 3. The van der Waals surface area contributed by atoms with Gasteiger partial charge in [-0.1, -0.05) is 17.8 Å². The molecule has 1 aliphatic rings. The van der Waals surface area contributed by atoms with Crippen molar-refractivity contribution in [1.29, 1.82) is 0 Å². The van der Waals surface area contributed by atoms with E-state index in [1.807, 2.05) is 24.3 Å². The second-order valence-corrected chi connectivity index (χ2v) is 8.23. The van der Waals surface area contributed by atoms with Crippen LogP contribution < -0.4 is 9.47 Å². The number of ether oxygens (including phenoxy) is 2. The Morgan fingerprint density at radius 2 is 1.92 bits per heavy atom. The number of hydrogen-bond acceptors (Lipinski definition) is 9. The Labute approximate surface area is 206 Å². The number of pyridine rings is 1. The fourth-order valence-electron chi connectivity index (χ4n) is 3.04. The molecule has 0 saturated heterocycles. The Bertz CT molecular complexity index is 1180. The Balaban J connectivity index is 0.000000454. The number of aliphatic carboxylic acids is 2. The van der Waals surface area contributed by atoms with Crippen LogP contribution in [0, 0.1) is 0 Å². The third-order valence-corrected chi connectivity index (χ3v) is 5.74. The van der Waals surface area contributed by atoms with Gasteiger partial charge in [0.05, 0.1) is 19.6 Å². The molecule has 3 heterocycles. The van der Waals surface area contributed by atoms with Crippen LogP contribution in [0.5, 0.6) is 11.5 Å². The maximum atomic E-state index is 10.9. The molecule has 36 heavy (non-hydrogen) atoms. The number of hydrogen-bond donors (Lipinski definition) is 2. The van der Waals surface area contributed by atoms with Crippen LogP contribution >= 0.6 is 11.8 Å². The van der Waals surface area contributed by atoms with Gasteiger partial charge in [-0.2, -0.15) is 13.2 Å². The van der Waals surface area contributed by atoms with Crippen LogP contribution in [0.15, 0.2) is 47.9 Å². The molecule has 2 N–H and O–H groups in total. The maximum Gasteiger partial charge on any atom is 0.490 e. The fraction of sp³-hybridized carbons (Fsp3) is 0.333. The van der Waals surface area contributed by atoms with Crippen LogP contribution in [0.1, 0.15) is 23.5 Å². The van der Waals surface area contributed by atoms with Crippen molar-refractivity contribution in [2.75, 3.05) is 13.2 Å². The smallest absolute Gasteiger partial charge is 0.490 e. The quantitative estimate of drug-likeness (QED) is 0.395. The highest BCUT2D eigenvalue weighted by molar-refractivity contribution is 7.98. The Morgan fingerprint density at radius 1 is 1.19 bits per heavy atom. The number of thioether (sulfide) groups is 1. The van der Waals surface area contributed by atoms with Crippen LogP contribution in [0.2, 0.25) is 0 Å². The lowest BCUT2D eigenvalue weighted by Gasteiger charge is -2.09. The van der Waals surface area contributed by atoms with Crippen molar-refractivity contribution in [3.63, 3.8) is 0 Å². The minimum absolute atomic E-state index is 0.0619. The molecule has 0 amide bonds. The van der Waals surface area contributed by atoms with Crippen molar-refractivity contribution >= 4 is 23.7 Å². The highest BCUT2D eigenvalue weighted by Crippen LogP contribution is 2.38.